The minimum Gasteiger partial charge on any atom is -0.352 e. The average molecular weight is 238 g/mol. The molecule has 4 heteroatoms. The van der Waals surface area contributed by atoms with Crippen molar-refractivity contribution in [3.63, 3.8) is 0 Å². The summed E-state index contributed by atoms with van der Waals surface area (Å²) in [5.74, 6) is 0. The van der Waals surface area contributed by atoms with Crippen LogP contribution in [0.5, 0.6) is 0 Å². The topological polar surface area (TPSA) is 43.4 Å². The molecule has 0 aliphatic carbocycles. The van der Waals surface area contributed by atoms with Gasteiger partial charge in [0.1, 0.15) is 0 Å². The Balaban J connectivity index is 2.13. The lowest BCUT2D eigenvalue weighted by molar-refractivity contribution is -0.132. The fourth-order valence-corrected chi connectivity index (χ4v) is 1.54. The maximum absolute atomic E-state index is 5.44. The van der Waals surface area contributed by atoms with E-state index in [-0.39, 0.29) is 6.29 Å². The highest BCUT2D eigenvalue weighted by Gasteiger charge is 2.06. The molecule has 0 bridgehead atoms. The Kier molecular flexibility index (Phi) is 7.54. The van der Waals surface area contributed by atoms with Gasteiger partial charge in [0, 0.05) is 32.2 Å². The van der Waals surface area contributed by atoms with Crippen LogP contribution in [0.3, 0.4) is 0 Å². The molecule has 0 unspecified atom stereocenters. The van der Waals surface area contributed by atoms with Crippen molar-refractivity contribution >= 4 is 0 Å². The van der Waals surface area contributed by atoms with Gasteiger partial charge in [-0.15, -0.1) is 0 Å². The first-order valence-electron chi connectivity index (χ1n) is 6.19. The Labute approximate surface area is 103 Å². The number of ether oxygens (including phenoxy) is 2. The van der Waals surface area contributed by atoms with E-state index in [1.54, 1.807) is 6.20 Å². The molecule has 0 atom stereocenters. The minimum absolute atomic E-state index is 0.140. The SMILES string of the molecule is CCOC(CNCCc1cccnc1)OCC. The van der Waals surface area contributed by atoms with Crippen LogP contribution in [0, 0.1) is 0 Å². The van der Waals surface area contributed by atoms with Gasteiger partial charge in [-0.2, -0.15) is 0 Å². The first-order chi connectivity index (χ1) is 8.36. The van der Waals surface area contributed by atoms with Gasteiger partial charge in [-0.25, -0.2) is 0 Å². The summed E-state index contributed by atoms with van der Waals surface area (Å²) in [7, 11) is 0. The molecule has 1 rings (SSSR count). The third-order valence-electron chi connectivity index (χ3n) is 2.33. The molecule has 0 radical (unpaired) electrons. The minimum atomic E-state index is -0.140. The summed E-state index contributed by atoms with van der Waals surface area (Å²) in [4.78, 5) is 4.08. The monoisotopic (exact) mass is 238 g/mol. The van der Waals surface area contributed by atoms with Crippen molar-refractivity contribution < 1.29 is 9.47 Å². The molecule has 0 saturated heterocycles. The Morgan fingerprint density at radius 2 is 2.06 bits per heavy atom. The van der Waals surface area contributed by atoms with Crippen LogP contribution in [0.2, 0.25) is 0 Å². The highest BCUT2D eigenvalue weighted by atomic mass is 16.7. The molecule has 0 aliphatic rings. The molecule has 17 heavy (non-hydrogen) atoms. The normalized spacial score (nSPS) is 11.0. The fourth-order valence-electron chi connectivity index (χ4n) is 1.54. The summed E-state index contributed by atoms with van der Waals surface area (Å²) in [5.41, 5.74) is 1.24. The lowest BCUT2D eigenvalue weighted by atomic mass is 10.2. The van der Waals surface area contributed by atoms with Gasteiger partial charge in [0.2, 0.25) is 0 Å². The van der Waals surface area contributed by atoms with E-state index >= 15 is 0 Å². The van der Waals surface area contributed by atoms with Gasteiger partial charge < -0.3 is 14.8 Å². The predicted molar refractivity (Wildman–Crippen MR) is 67.9 cm³/mol. The van der Waals surface area contributed by atoms with E-state index in [1.165, 1.54) is 5.56 Å². The van der Waals surface area contributed by atoms with E-state index in [2.05, 4.69) is 16.4 Å². The number of hydrogen-bond donors (Lipinski definition) is 1. The summed E-state index contributed by atoms with van der Waals surface area (Å²) < 4.78 is 10.9. The van der Waals surface area contributed by atoms with Crippen LogP contribution in [-0.4, -0.2) is 37.6 Å². The molecule has 0 aromatic carbocycles. The fraction of sp³-hybridized carbons (Fsp3) is 0.615. The van der Waals surface area contributed by atoms with Gasteiger partial charge >= 0.3 is 0 Å². The first-order valence-corrected chi connectivity index (χ1v) is 6.19. The molecule has 0 fully saturated rings. The third kappa shape index (κ3) is 6.36. The number of pyridine rings is 1. The Hall–Kier alpha value is -0.970. The Morgan fingerprint density at radius 3 is 2.65 bits per heavy atom. The van der Waals surface area contributed by atoms with Crippen LogP contribution in [0.15, 0.2) is 24.5 Å². The number of nitrogens with zero attached hydrogens (tertiary/aromatic N) is 1. The van der Waals surface area contributed by atoms with E-state index in [0.29, 0.717) is 13.2 Å². The van der Waals surface area contributed by atoms with Crippen LogP contribution in [0.25, 0.3) is 0 Å². The number of hydrogen-bond acceptors (Lipinski definition) is 4. The third-order valence-corrected chi connectivity index (χ3v) is 2.33. The second kappa shape index (κ2) is 9.10. The van der Waals surface area contributed by atoms with Crippen LogP contribution in [0.4, 0.5) is 0 Å². The highest BCUT2D eigenvalue weighted by Crippen LogP contribution is 1.96. The standard InChI is InChI=1S/C13H22N2O2/c1-3-16-13(17-4-2)11-15-9-7-12-6-5-8-14-10-12/h5-6,8,10,13,15H,3-4,7,9,11H2,1-2H3. The summed E-state index contributed by atoms with van der Waals surface area (Å²) in [6.45, 7) is 6.93. The van der Waals surface area contributed by atoms with Crippen LogP contribution < -0.4 is 5.32 Å². The van der Waals surface area contributed by atoms with Crippen molar-refractivity contribution in [1.29, 1.82) is 0 Å². The van der Waals surface area contributed by atoms with E-state index < -0.39 is 0 Å². The number of nitrogens with one attached hydrogen (secondary N) is 1. The maximum atomic E-state index is 5.44. The summed E-state index contributed by atoms with van der Waals surface area (Å²) in [5, 5.41) is 3.33. The van der Waals surface area contributed by atoms with E-state index in [4.69, 9.17) is 9.47 Å². The molecule has 0 spiro atoms. The van der Waals surface area contributed by atoms with Crippen molar-refractivity contribution in [2.45, 2.75) is 26.6 Å². The molecular weight excluding hydrogens is 216 g/mol. The van der Waals surface area contributed by atoms with E-state index in [1.807, 2.05) is 26.1 Å². The van der Waals surface area contributed by atoms with Crippen molar-refractivity contribution in [3.8, 4) is 0 Å². The molecule has 4 nitrogen and oxygen atoms in total. The molecule has 1 aromatic heterocycles. The molecule has 1 aromatic rings. The highest BCUT2D eigenvalue weighted by molar-refractivity contribution is 5.08. The average Bonchev–Trinajstić information content (AvgIpc) is 2.36. The molecule has 1 N–H and O–H groups in total. The largest absolute Gasteiger partial charge is 0.352 e. The van der Waals surface area contributed by atoms with E-state index in [9.17, 15) is 0 Å². The molecule has 0 saturated carbocycles. The zero-order chi connectivity index (χ0) is 12.3. The zero-order valence-corrected chi connectivity index (χ0v) is 10.7. The molecule has 1 heterocycles. The predicted octanol–water partition coefficient (Wildman–Crippen LogP) is 1.61. The second-order valence-electron chi connectivity index (χ2n) is 3.66. The van der Waals surface area contributed by atoms with Gasteiger partial charge in [0.15, 0.2) is 6.29 Å². The smallest absolute Gasteiger partial charge is 0.169 e. The van der Waals surface area contributed by atoms with Gasteiger partial charge in [-0.3, -0.25) is 4.98 Å². The summed E-state index contributed by atoms with van der Waals surface area (Å²) in [6, 6.07) is 4.04. The van der Waals surface area contributed by atoms with Crippen molar-refractivity contribution in [1.82, 2.24) is 10.3 Å². The first kappa shape index (κ1) is 14.1. The van der Waals surface area contributed by atoms with Crippen LogP contribution >= 0.6 is 0 Å². The summed E-state index contributed by atoms with van der Waals surface area (Å²) >= 11 is 0. The zero-order valence-electron chi connectivity index (χ0n) is 10.7. The molecule has 0 aliphatic heterocycles. The maximum Gasteiger partial charge on any atom is 0.169 e. The van der Waals surface area contributed by atoms with Gasteiger partial charge in [0.25, 0.3) is 0 Å². The van der Waals surface area contributed by atoms with Crippen molar-refractivity contribution in [2.24, 2.45) is 0 Å². The van der Waals surface area contributed by atoms with E-state index in [0.717, 1.165) is 19.5 Å². The van der Waals surface area contributed by atoms with Crippen molar-refractivity contribution in [3.05, 3.63) is 30.1 Å². The van der Waals surface area contributed by atoms with Gasteiger partial charge in [-0.1, -0.05) is 6.07 Å². The molecular formula is C13H22N2O2. The number of aromatic nitrogens is 1. The quantitative estimate of drug-likeness (QED) is 0.524. The van der Waals surface area contributed by atoms with Gasteiger partial charge in [0.05, 0.1) is 0 Å². The van der Waals surface area contributed by atoms with Gasteiger partial charge in [-0.05, 0) is 38.4 Å². The summed E-state index contributed by atoms with van der Waals surface area (Å²) in [6.07, 6.45) is 4.51. The Bertz CT molecular complexity index is 274. The van der Waals surface area contributed by atoms with Crippen LogP contribution in [0.1, 0.15) is 19.4 Å². The molecule has 0 amide bonds. The van der Waals surface area contributed by atoms with Crippen molar-refractivity contribution in [2.75, 3.05) is 26.3 Å². The number of rotatable bonds is 9. The lowest BCUT2D eigenvalue weighted by Gasteiger charge is -2.17. The second-order valence-corrected chi connectivity index (χ2v) is 3.66. The molecule has 96 valence electrons. The Morgan fingerprint density at radius 1 is 1.29 bits per heavy atom. The lowest BCUT2D eigenvalue weighted by Crippen LogP contribution is -2.32. The van der Waals surface area contributed by atoms with Crippen LogP contribution in [-0.2, 0) is 15.9 Å².